The number of para-hydroxylation sites is 1. The molecule has 4 aromatic rings. The molecule has 1 amide bonds. The van der Waals surface area contributed by atoms with E-state index in [1.165, 1.54) is 16.2 Å². The minimum absolute atomic E-state index is 0.103. The fraction of sp³-hybridized carbons (Fsp3) is 0.150. The number of H-pyrrole nitrogens is 1. The van der Waals surface area contributed by atoms with E-state index in [9.17, 15) is 9.59 Å². The molecule has 4 rings (SSSR count). The number of aromatic amines is 1. The molecule has 140 valence electrons. The van der Waals surface area contributed by atoms with Crippen molar-refractivity contribution in [3.8, 4) is 10.7 Å². The number of likely N-dealkylation sites (N-methyl/N-ethyl adjacent to an activating group) is 1. The van der Waals surface area contributed by atoms with Gasteiger partial charge in [0.2, 0.25) is 5.91 Å². The third-order valence-corrected chi connectivity index (χ3v) is 5.16. The van der Waals surface area contributed by atoms with Crippen molar-refractivity contribution in [1.29, 1.82) is 0 Å². The van der Waals surface area contributed by atoms with Gasteiger partial charge in [-0.15, -0.1) is 11.3 Å². The largest absolute Gasteiger partial charge is 0.338 e. The summed E-state index contributed by atoms with van der Waals surface area (Å²) < 4.78 is 0. The molecule has 0 atom stereocenters. The summed E-state index contributed by atoms with van der Waals surface area (Å²) in [7, 11) is 1.68. The Kier molecular flexibility index (Phi) is 4.94. The van der Waals surface area contributed by atoms with Crippen LogP contribution in [0, 0.1) is 0 Å². The van der Waals surface area contributed by atoms with Gasteiger partial charge in [0.15, 0.2) is 0 Å². The summed E-state index contributed by atoms with van der Waals surface area (Å²) in [5.41, 5.74) is 1.89. The van der Waals surface area contributed by atoms with Gasteiger partial charge in [0.25, 0.3) is 5.56 Å². The van der Waals surface area contributed by atoms with E-state index >= 15 is 0 Å². The lowest BCUT2D eigenvalue weighted by Crippen LogP contribution is -2.29. The molecule has 0 aliphatic carbocycles. The van der Waals surface area contributed by atoms with Crippen molar-refractivity contribution in [2.24, 2.45) is 0 Å². The molecule has 1 aromatic carbocycles. The van der Waals surface area contributed by atoms with E-state index in [0.717, 1.165) is 10.7 Å². The Hall–Kier alpha value is -3.39. The van der Waals surface area contributed by atoms with E-state index in [2.05, 4.69) is 19.9 Å². The maximum Gasteiger partial charge on any atom is 0.258 e. The molecule has 8 heteroatoms. The number of hydrogen-bond acceptors (Lipinski definition) is 6. The van der Waals surface area contributed by atoms with E-state index in [0.29, 0.717) is 22.4 Å². The van der Waals surface area contributed by atoms with E-state index in [1.807, 2.05) is 29.6 Å². The summed E-state index contributed by atoms with van der Waals surface area (Å²) >= 11 is 1.46. The minimum Gasteiger partial charge on any atom is -0.338 e. The number of hydrogen-bond donors (Lipinski definition) is 1. The number of nitrogens with one attached hydrogen (secondary N) is 1. The number of nitrogens with zero attached hydrogens (tertiary/aromatic N) is 4. The average molecular weight is 391 g/mol. The van der Waals surface area contributed by atoms with Gasteiger partial charge in [-0.3, -0.25) is 14.6 Å². The number of amides is 1. The van der Waals surface area contributed by atoms with Crippen LogP contribution < -0.4 is 5.56 Å². The smallest absolute Gasteiger partial charge is 0.258 e. The van der Waals surface area contributed by atoms with E-state index in [4.69, 9.17) is 0 Å². The summed E-state index contributed by atoms with van der Waals surface area (Å²) in [5.74, 6) is 0.348. The molecule has 7 nitrogen and oxygen atoms in total. The highest BCUT2D eigenvalue weighted by molar-refractivity contribution is 7.13. The van der Waals surface area contributed by atoms with Crippen LogP contribution in [0.5, 0.6) is 0 Å². The molecule has 0 radical (unpaired) electrons. The number of fused-ring (bicyclic) bond motifs is 1. The maximum absolute atomic E-state index is 12.6. The summed E-state index contributed by atoms with van der Waals surface area (Å²) in [6.07, 6.45) is 1.89. The van der Waals surface area contributed by atoms with Crippen molar-refractivity contribution in [2.45, 2.75) is 13.0 Å². The molecule has 0 bridgehead atoms. The number of carbonyl (C=O) groups excluding carboxylic acids is 1. The third kappa shape index (κ3) is 3.81. The molecule has 28 heavy (non-hydrogen) atoms. The molecule has 0 saturated carbocycles. The normalized spacial score (nSPS) is 10.9. The number of pyridine rings is 1. The van der Waals surface area contributed by atoms with E-state index < -0.39 is 0 Å². The second kappa shape index (κ2) is 7.69. The zero-order valence-electron chi connectivity index (χ0n) is 15.1. The molecule has 0 spiro atoms. The first-order valence-corrected chi connectivity index (χ1v) is 9.56. The highest BCUT2D eigenvalue weighted by atomic mass is 32.1. The topological polar surface area (TPSA) is 91.8 Å². The van der Waals surface area contributed by atoms with Crippen LogP contribution in [0.2, 0.25) is 0 Å². The molecule has 0 aliphatic rings. The van der Waals surface area contributed by atoms with Gasteiger partial charge in [-0.25, -0.2) is 9.97 Å². The molecule has 0 fully saturated rings. The fourth-order valence-electron chi connectivity index (χ4n) is 2.81. The van der Waals surface area contributed by atoms with Crippen molar-refractivity contribution < 1.29 is 4.79 Å². The number of carbonyl (C=O) groups is 1. The highest BCUT2D eigenvalue weighted by Gasteiger charge is 2.15. The van der Waals surface area contributed by atoms with Crippen molar-refractivity contribution in [3.05, 3.63) is 75.9 Å². The SMILES string of the molecule is CN(Cc1nc2ccccc2c(=O)[nH]1)C(=O)Cc1csc(-c2ccccn2)n1. The highest BCUT2D eigenvalue weighted by Crippen LogP contribution is 2.21. The molecular formula is C20H17N5O2S. The monoisotopic (exact) mass is 391 g/mol. The van der Waals surface area contributed by atoms with Crippen molar-refractivity contribution in [2.75, 3.05) is 7.05 Å². The lowest BCUT2D eigenvalue weighted by molar-refractivity contribution is -0.129. The van der Waals surface area contributed by atoms with Crippen LogP contribution in [-0.4, -0.2) is 37.8 Å². The second-order valence-corrected chi connectivity index (χ2v) is 7.17. The Bertz CT molecular complexity index is 1190. The van der Waals surface area contributed by atoms with Gasteiger partial charge in [-0.1, -0.05) is 18.2 Å². The molecule has 1 N–H and O–H groups in total. The van der Waals surface area contributed by atoms with Gasteiger partial charge >= 0.3 is 0 Å². The summed E-state index contributed by atoms with van der Waals surface area (Å²) in [6.45, 7) is 0.218. The summed E-state index contributed by atoms with van der Waals surface area (Å²) in [4.78, 5) is 42.2. The van der Waals surface area contributed by atoms with Crippen molar-refractivity contribution >= 4 is 28.1 Å². The first-order valence-electron chi connectivity index (χ1n) is 8.68. The predicted octanol–water partition coefficient (Wildman–Crippen LogP) is 2.64. The number of aromatic nitrogens is 4. The second-order valence-electron chi connectivity index (χ2n) is 6.32. The van der Waals surface area contributed by atoms with Crippen LogP contribution >= 0.6 is 11.3 Å². The fourth-order valence-corrected chi connectivity index (χ4v) is 3.60. The van der Waals surface area contributed by atoms with Gasteiger partial charge in [-0.05, 0) is 24.3 Å². The standard InChI is InChI=1S/C20H17N5O2S/c1-25(11-17-23-15-7-3-2-6-14(15)19(27)24-17)18(26)10-13-12-28-20(22-13)16-8-4-5-9-21-16/h2-9,12H,10-11H2,1H3,(H,23,24,27). The van der Waals surface area contributed by atoms with Crippen molar-refractivity contribution in [1.82, 2.24) is 24.8 Å². The van der Waals surface area contributed by atoms with Crippen molar-refractivity contribution in [3.63, 3.8) is 0 Å². The van der Waals surface area contributed by atoms with Crippen LogP contribution in [0.15, 0.2) is 58.8 Å². The third-order valence-electron chi connectivity index (χ3n) is 4.24. The Morgan fingerprint density at radius 3 is 2.79 bits per heavy atom. The Labute approximate surface area is 164 Å². The predicted molar refractivity (Wildman–Crippen MR) is 108 cm³/mol. The molecule has 0 saturated heterocycles. The summed E-state index contributed by atoms with van der Waals surface area (Å²) in [6, 6.07) is 12.8. The van der Waals surface area contributed by atoms with E-state index in [-0.39, 0.29) is 24.4 Å². The quantitative estimate of drug-likeness (QED) is 0.565. The van der Waals surface area contributed by atoms with Gasteiger partial charge < -0.3 is 9.88 Å². The molecule has 3 aromatic heterocycles. The maximum atomic E-state index is 12.6. The van der Waals surface area contributed by atoms with Crippen LogP contribution in [0.3, 0.4) is 0 Å². The molecular weight excluding hydrogens is 374 g/mol. The Balaban J connectivity index is 1.46. The summed E-state index contributed by atoms with van der Waals surface area (Å²) in [5, 5.41) is 3.18. The number of thiazole rings is 1. The lowest BCUT2D eigenvalue weighted by Gasteiger charge is -2.16. The molecule has 0 aliphatic heterocycles. The van der Waals surface area contributed by atoms with Gasteiger partial charge in [-0.2, -0.15) is 0 Å². The number of rotatable bonds is 5. The van der Waals surface area contributed by atoms with Crippen LogP contribution in [0.1, 0.15) is 11.5 Å². The molecule has 0 unspecified atom stereocenters. The number of benzene rings is 1. The zero-order valence-corrected chi connectivity index (χ0v) is 15.9. The minimum atomic E-state index is -0.207. The first kappa shape index (κ1) is 18.0. The van der Waals surface area contributed by atoms with Crippen LogP contribution in [0.25, 0.3) is 21.6 Å². The van der Waals surface area contributed by atoms with Crippen LogP contribution in [-0.2, 0) is 17.8 Å². The van der Waals surface area contributed by atoms with E-state index in [1.54, 1.807) is 31.4 Å². The van der Waals surface area contributed by atoms with Gasteiger partial charge in [0.05, 0.1) is 35.3 Å². The van der Waals surface area contributed by atoms with Crippen LogP contribution in [0.4, 0.5) is 0 Å². The molecule has 3 heterocycles. The first-order chi connectivity index (χ1) is 13.6. The zero-order chi connectivity index (χ0) is 19.5. The lowest BCUT2D eigenvalue weighted by atomic mass is 10.2. The Morgan fingerprint density at radius 2 is 1.96 bits per heavy atom. The Morgan fingerprint density at radius 1 is 1.14 bits per heavy atom. The average Bonchev–Trinajstić information content (AvgIpc) is 3.17. The van der Waals surface area contributed by atoms with Gasteiger partial charge in [0.1, 0.15) is 10.8 Å². The van der Waals surface area contributed by atoms with Gasteiger partial charge in [0, 0.05) is 18.6 Å².